The van der Waals surface area contributed by atoms with Gasteiger partial charge in [-0.25, -0.2) is 4.79 Å². The lowest BCUT2D eigenvalue weighted by Gasteiger charge is -2.36. The van der Waals surface area contributed by atoms with E-state index in [4.69, 9.17) is 9.47 Å². The number of fused-ring (bicyclic) bond motifs is 1. The molecule has 0 spiro atoms. The van der Waals surface area contributed by atoms with Gasteiger partial charge in [0.25, 0.3) is 0 Å². The molecule has 1 heterocycles. The van der Waals surface area contributed by atoms with Crippen LogP contribution in [0.2, 0.25) is 0 Å². The third-order valence-electron chi connectivity index (χ3n) is 2.88. The van der Waals surface area contributed by atoms with Gasteiger partial charge in [0.15, 0.2) is 0 Å². The van der Waals surface area contributed by atoms with Crippen molar-refractivity contribution in [3.05, 3.63) is 23.8 Å². The van der Waals surface area contributed by atoms with Crippen molar-refractivity contribution in [3.63, 3.8) is 0 Å². The van der Waals surface area contributed by atoms with Crippen molar-refractivity contribution in [2.45, 2.75) is 46.3 Å². The van der Waals surface area contributed by atoms with Gasteiger partial charge in [-0.3, -0.25) is 4.90 Å². The average Bonchev–Trinajstić information content (AvgIpc) is 2.25. The van der Waals surface area contributed by atoms with Gasteiger partial charge in [-0.15, -0.1) is 0 Å². The number of ether oxygens (including phenoxy) is 2. The number of carbonyl (C=O) groups excluding carboxylic acids is 1. The highest BCUT2D eigenvalue weighted by atomic mass is 16.6. The second-order valence-corrected chi connectivity index (χ2v) is 5.98. The van der Waals surface area contributed by atoms with Crippen LogP contribution in [0.1, 0.15) is 33.3 Å². The highest BCUT2D eigenvalue weighted by molar-refractivity contribution is 5.91. The highest BCUT2D eigenvalue weighted by Gasteiger charge is 2.32. The zero-order valence-electron chi connectivity index (χ0n) is 12.2. The van der Waals surface area contributed by atoms with Crippen molar-refractivity contribution in [2.24, 2.45) is 0 Å². The predicted octanol–water partition coefficient (Wildman–Crippen LogP) is 3.52. The molecule has 1 aromatic rings. The zero-order chi connectivity index (χ0) is 14.2. The van der Waals surface area contributed by atoms with Crippen LogP contribution in [0.15, 0.2) is 18.2 Å². The molecule has 1 aliphatic rings. The minimum absolute atomic E-state index is 0.0378. The van der Waals surface area contributed by atoms with Gasteiger partial charge in [-0.2, -0.15) is 0 Å². The van der Waals surface area contributed by atoms with Gasteiger partial charge in [0.2, 0.25) is 0 Å². The molecule has 4 nitrogen and oxygen atoms in total. The Balaban J connectivity index is 2.35. The maximum absolute atomic E-state index is 12.3. The van der Waals surface area contributed by atoms with Gasteiger partial charge in [0, 0.05) is 0 Å². The predicted molar refractivity (Wildman–Crippen MR) is 74.8 cm³/mol. The van der Waals surface area contributed by atoms with E-state index >= 15 is 0 Å². The fourth-order valence-electron chi connectivity index (χ4n) is 2.05. The SMILES string of the molecule is Cc1ccc2c(c1)N(C(=O)OC(C)(C)C)[C@@H](C)CO2. The van der Waals surface area contributed by atoms with Gasteiger partial charge in [-0.1, -0.05) is 6.07 Å². The van der Waals surface area contributed by atoms with Gasteiger partial charge < -0.3 is 9.47 Å². The molecule has 0 saturated carbocycles. The van der Waals surface area contributed by atoms with Crippen molar-refractivity contribution < 1.29 is 14.3 Å². The van der Waals surface area contributed by atoms with E-state index in [2.05, 4.69) is 0 Å². The van der Waals surface area contributed by atoms with Crippen LogP contribution >= 0.6 is 0 Å². The lowest BCUT2D eigenvalue weighted by molar-refractivity contribution is 0.0548. The number of nitrogens with zero attached hydrogens (tertiary/aromatic N) is 1. The number of hydrogen-bond acceptors (Lipinski definition) is 3. The van der Waals surface area contributed by atoms with Crippen molar-refractivity contribution in [2.75, 3.05) is 11.5 Å². The van der Waals surface area contributed by atoms with Crippen LogP contribution in [0.5, 0.6) is 5.75 Å². The maximum atomic E-state index is 12.3. The Morgan fingerprint density at radius 1 is 1.42 bits per heavy atom. The molecule has 19 heavy (non-hydrogen) atoms. The normalized spacial score (nSPS) is 18.6. The van der Waals surface area contributed by atoms with E-state index in [1.54, 1.807) is 4.90 Å². The molecule has 0 aromatic heterocycles. The summed E-state index contributed by atoms with van der Waals surface area (Å²) in [5.41, 5.74) is 1.37. The largest absolute Gasteiger partial charge is 0.489 e. The van der Waals surface area contributed by atoms with E-state index in [0.29, 0.717) is 6.61 Å². The molecule has 1 aromatic carbocycles. The Morgan fingerprint density at radius 3 is 2.74 bits per heavy atom. The van der Waals surface area contributed by atoms with E-state index < -0.39 is 5.60 Å². The number of hydrogen-bond donors (Lipinski definition) is 0. The van der Waals surface area contributed by atoms with Crippen LogP contribution in [0.4, 0.5) is 10.5 Å². The summed E-state index contributed by atoms with van der Waals surface area (Å²) in [7, 11) is 0. The number of aryl methyl sites for hydroxylation is 1. The molecule has 1 amide bonds. The molecule has 0 aliphatic carbocycles. The lowest BCUT2D eigenvalue weighted by Crippen LogP contribution is -2.47. The Morgan fingerprint density at radius 2 is 2.11 bits per heavy atom. The molecule has 0 N–H and O–H groups in total. The van der Waals surface area contributed by atoms with E-state index in [1.807, 2.05) is 52.8 Å². The molecular weight excluding hydrogens is 242 g/mol. The number of rotatable bonds is 0. The second kappa shape index (κ2) is 4.76. The van der Waals surface area contributed by atoms with Gasteiger partial charge >= 0.3 is 6.09 Å². The van der Waals surface area contributed by atoms with Gasteiger partial charge in [0.05, 0.1) is 11.7 Å². The first kappa shape index (κ1) is 13.7. The average molecular weight is 263 g/mol. The second-order valence-electron chi connectivity index (χ2n) is 5.98. The fourth-order valence-corrected chi connectivity index (χ4v) is 2.05. The summed E-state index contributed by atoms with van der Waals surface area (Å²) in [5.74, 6) is 0.731. The van der Waals surface area contributed by atoms with Crippen molar-refractivity contribution in [3.8, 4) is 5.75 Å². The van der Waals surface area contributed by atoms with Crippen molar-refractivity contribution in [1.82, 2.24) is 0 Å². The molecule has 104 valence electrons. The maximum Gasteiger partial charge on any atom is 0.415 e. The first-order valence-corrected chi connectivity index (χ1v) is 6.53. The number of carbonyl (C=O) groups is 1. The molecule has 0 saturated heterocycles. The van der Waals surface area contributed by atoms with E-state index in [0.717, 1.165) is 17.0 Å². The summed E-state index contributed by atoms with van der Waals surface area (Å²) >= 11 is 0. The molecule has 0 radical (unpaired) electrons. The van der Waals surface area contributed by atoms with E-state index in [1.165, 1.54) is 0 Å². The Kier molecular flexibility index (Phi) is 3.43. The fraction of sp³-hybridized carbons (Fsp3) is 0.533. The molecule has 0 fully saturated rings. The molecule has 1 aliphatic heterocycles. The van der Waals surface area contributed by atoms with Crippen molar-refractivity contribution >= 4 is 11.8 Å². The van der Waals surface area contributed by atoms with E-state index in [9.17, 15) is 4.79 Å². The zero-order valence-corrected chi connectivity index (χ0v) is 12.2. The summed E-state index contributed by atoms with van der Waals surface area (Å²) in [6.45, 7) is 10.0. The summed E-state index contributed by atoms with van der Waals surface area (Å²) in [5, 5.41) is 0. The molecule has 0 bridgehead atoms. The molecule has 0 unspecified atom stereocenters. The monoisotopic (exact) mass is 263 g/mol. The molecular formula is C15H21NO3. The minimum Gasteiger partial charge on any atom is -0.489 e. The Bertz CT molecular complexity index is 491. The minimum atomic E-state index is -0.501. The molecule has 4 heteroatoms. The number of amides is 1. The smallest absolute Gasteiger partial charge is 0.415 e. The third-order valence-corrected chi connectivity index (χ3v) is 2.88. The van der Waals surface area contributed by atoms with Gasteiger partial charge in [0.1, 0.15) is 18.0 Å². The summed E-state index contributed by atoms with van der Waals surface area (Å²) in [6, 6.07) is 5.79. The summed E-state index contributed by atoms with van der Waals surface area (Å²) in [6.07, 6.45) is -0.324. The highest BCUT2D eigenvalue weighted by Crippen LogP contribution is 2.35. The van der Waals surface area contributed by atoms with Crippen molar-refractivity contribution in [1.29, 1.82) is 0 Å². The van der Waals surface area contributed by atoms with Crippen LogP contribution < -0.4 is 9.64 Å². The topological polar surface area (TPSA) is 38.8 Å². The number of anilines is 1. The van der Waals surface area contributed by atoms with Crippen LogP contribution in [0.25, 0.3) is 0 Å². The van der Waals surface area contributed by atoms with Crippen LogP contribution in [0, 0.1) is 6.92 Å². The molecule has 2 rings (SSSR count). The Hall–Kier alpha value is -1.71. The van der Waals surface area contributed by atoms with Crippen LogP contribution in [-0.2, 0) is 4.74 Å². The van der Waals surface area contributed by atoms with Crippen LogP contribution in [0.3, 0.4) is 0 Å². The van der Waals surface area contributed by atoms with Crippen LogP contribution in [-0.4, -0.2) is 24.3 Å². The summed E-state index contributed by atoms with van der Waals surface area (Å²) in [4.78, 5) is 14.0. The van der Waals surface area contributed by atoms with Gasteiger partial charge in [-0.05, 0) is 52.3 Å². The standard InChI is InChI=1S/C15H21NO3/c1-10-6-7-13-12(8-10)16(11(2)9-18-13)14(17)19-15(3,4)5/h6-8,11H,9H2,1-5H3/t11-/m0/s1. The molecule has 1 atom stereocenters. The summed E-state index contributed by atoms with van der Waals surface area (Å²) < 4.78 is 11.1. The van der Waals surface area contributed by atoms with E-state index in [-0.39, 0.29) is 12.1 Å². The third kappa shape index (κ3) is 3.00. The lowest BCUT2D eigenvalue weighted by atomic mass is 10.1. The first-order valence-electron chi connectivity index (χ1n) is 6.53. The Labute approximate surface area is 114 Å². The first-order chi connectivity index (χ1) is 8.78. The number of benzene rings is 1. The quantitative estimate of drug-likeness (QED) is 0.719.